The first-order valence-corrected chi connectivity index (χ1v) is 6.81. The lowest BCUT2D eigenvalue weighted by Gasteiger charge is -2.23. The molecule has 0 aliphatic carbocycles. The molecule has 0 unspecified atom stereocenters. The summed E-state index contributed by atoms with van der Waals surface area (Å²) in [5, 5.41) is 0. The normalized spacial score (nSPS) is 11.9. The zero-order chi connectivity index (χ0) is 14.0. The van der Waals surface area contributed by atoms with Gasteiger partial charge in [0, 0.05) is 12.4 Å². The van der Waals surface area contributed by atoms with E-state index < -0.39 is 0 Å². The van der Waals surface area contributed by atoms with Crippen molar-refractivity contribution in [3.63, 3.8) is 0 Å². The highest BCUT2D eigenvalue weighted by Crippen LogP contribution is 2.32. The van der Waals surface area contributed by atoms with Crippen molar-refractivity contribution in [2.24, 2.45) is 0 Å². The fourth-order valence-corrected chi connectivity index (χ4v) is 2.08. The summed E-state index contributed by atoms with van der Waals surface area (Å²) in [6.45, 7) is 11.1. The molecular weight excluding hydrogens is 232 g/mol. The van der Waals surface area contributed by atoms with E-state index in [1.165, 1.54) is 11.1 Å². The Morgan fingerprint density at radius 2 is 1.79 bits per heavy atom. The highest BCUT2D eigenvalue weighted by atomic mass is 14.8. The lowest BCUT2D eigenvalue weighted by atomic mass is 9.83. The average molecular weight is 254 g/mol. The quantitative estimate of drug-likeness (QED) is 0.785. The molecule has 2 heteroatoms. The van der Waals surface area contributed by atoms with Gasteiger partial charge in [-0.15, -0.1) is 0 Å². The molecule has 19 heavy (non-hydrogen) atoms. The maximum absolute atomic E-state index is 4.67. The van der Waals surface area contributed by atoms with Crippen LogP contribution in [0.2, 0.25) is 0 Å². The summed E-state index contributed by atoms with van der Waals surface area (Å²) in [7, 11) is 0. The molecule has 0 atom stereocenters. The summed E-state index contributed by atoms with van der Waals surface area (Å²) in [5.74, 6) is 0.492. The zero-order valence-corrected chi connectivity index (χ0v) is 12.4. The van der Waals surface area contributed by atoms with E-state index in [2.05, 4.69) is 50.7 Å². The van der Waals surface area contributed by atoms with E-state index in [4.69, 9.17) is 0 Å². The van der Waals surface area contributed by atoms with Crippen LogP contribution in [-0.4, -0.2) is 9.97 Å². The average Bonchev–Trinajstić information content (AvgIpc) is 2.38. The largest absolute Gasteiger partial charge is 0.255 e. The number of rotatable bonds is 2. The van der Waals surface area contributed by atoms with E-state index in [0.717, 1.165) is 11.4 Å². The third-order valence-corrected chi connectivity index (χ3v) is 3.29. The number of hydrogen-bond acceptors (Lipinski definition) is 2. The lowest BCUT2D eigenvalue weighted by Crippen LogP contribution is -2.15. The smallest absolute Gasteiger partial charge is 0.0923 e. The molecule has 2 aromatic heterocycles. The minimum absolute atomic E-state index is 0.0603. The van der Waals surface area contributed by atoms with Crippen molar-refractivity contribution in [2.45, 2.75) is 46.0 Å². The van der Waals surface area contributed by atoms with E-state index in [1.54, 1.807) is 0 Å². The Hall–Kier alpha value is -1.70. The number of hydrogen-bond donors (Lipinski definition) is 0. The summed E-state index contributed by atoms with van der Waals surface area (Å²) < 4.78 is 0. The van der Waals surface area contributed by atoms with Gasteiger partial charge in [-0.2, -0.15) is 0 Å². The van der Waals surface area contributed by atoms with Gasteiger partial charge in [0.15, 0.2) is 0 Å². The van der Waals surface area contributed by atoms with Crippen molar-refractivity contribution in [1.82, 2.24) is 9.97 Å². The standard InChI is InChI=1S/C17H22N2/c1-12(2)13-10-14(17(3,4)5)16(19-11-13)15-8-6-7-9-18-15/h6-12H,1-5H3. The second-order valence-electron chi connectivity index (χ2n) is 6.28. The monoisotopic (exact) mass is 254 g/mol. The number of aromatic nitrogens is 2. The van der Waals surface area contributed by atoms with E-state index in [9.17, 15) is 0 Å². The van der Waals surface area contributed by atoms with E-state index in [0.29, 0.717) is 5.92 Å². The van der Waals surface area contributed by atoms with Crippen molar-refractivity contribution >= 4 is 0 Å². The first-order chi connectivity index (χ1) is 8.89. The molecule has 0 aliphatic rings. The van der Waals surface area contributed by atoms with Crippen molar-refractivity contribution < 1.29 is 0 Å². The molecule has 100 valence electrons. The maximum atomic E-state index is 4.67. The third-order valence-electron chi connectivity index (χ3n) is 3.29. The molecule has 0 spiro atoms. The minimum Gasteiger partial charge on any atom is -0.255 e. The fourth-order valence-electron chi connectivity index (χ4n) is 2.08. The van der Waals surface area contributed by atoms with E-state index in [1.807, 2.05) is 30.6 Å². The van der Waals surface area contributed by atoms with Gasteiger partial charge in [-0.25, -0.2) is 0 Å². The Kier molecular flexibility index (Phi) is 3.70. The topological polar surface area (TPSA) is 25.8 Å². The number of nitrogens with zero attached hydrogens (tertiary/aromatic N) is 2. The molecule has 2 heterocycles. The summed E-state index contributed by atoms with van der Waals surface area (Å²) in [5.41, 5.74) is 4.55. The summed E-state index contributed by atoms with van der Waals surface area (Å²) >= 11 is 0. The predicted molar refractivity (Wildman–Crippen MR) is 80.3 cm³/mol. The van der Waals surface area contributed by atoms with Crippen LogP contribution in [0.5, 0.6) is 0 Å². The van der Waals surface area contributed by atoms with Gasteiger partial charge in [0.1, 0.15) is 0 Å². The molecular formula is C17H22N2. The van der Waals surface area contributed by atoms with Crippen LogP contribution in [0, 0.1) is 0 Å². The first-order valence-electron chi connectivity index (χ1n) is 6.81. The predicted octanol–water partition coefficient (Wildman–Crippen LogP) is 4.56. The first kappa shape index (κ1) is 13.7. The SMILES string of the molecule is CC(C)c1cnc(-c2ccccn2)c(C(C)(C)C)c1. The molecule has 0 radical (unpaired) electrons. The van der Waals surface area contributed by atoms with Crippen LogP contribution in [0.1, 0.15) is 51.7 Å². The van der Waals surface area contributed by atoms with Crippen molar-refractivity contribution in [3.05, 3.63) is 47.8 Å². The second-order valence-corrected chi connectivity index (χ2v) is 6.28. The fraction of sp³-hybridized carbons (Fsp3) is 0.412. The van der Waals surface area contributed by atoms with Gasteiger partial charge < -0.3 is 0 Å². The molecule has 0 amide bonds. The van der Waals surface area contributed by atoms with Gasteiger partial charge in [0.25, 0.3) is 0 Å². The molecule has 0 N–H and O–H groups in total. The van der Waals surface area contributed by atoms with Crippen LogP contribution in [-0.2, 0) is 5.41 Å². The van der Waals surface area contributed by atoms with Crippen LogP contribution < -0.4 is 0 Å². The van der Waals surface area contributed by atoms with Gasteiger partial charge in [-0.05, 0) is 34.6 Å². The highest BCUT2D eigenvalue weighted by Gasteiger charge is 2.21. The Bertz CT molecular complexity index is 551. The lowest BCUT2D eigenvalue weighted by molar-refractivity contribution is 0.587. The van der Waals surface area contributed by atoms with Gasteiger partial charge in [-0.3, -0.25) is 9.97 Å². The van der Waals surface area contributed by atoms with Crippen LogP contribution in [0.3, 0.4) is 0 Å². The Labute approximate surface area is 115 Å². The number of pyridine rings is 2. The highest BCUT2D eigenvalue weighted by molar-refractivity contribution is 5.61. The summed E-state index contributed by atoms with van der Waals surface area (Å²) in [6, 6.07) is 8.24. The zero-order valence-electron chi connectivity index (χ0n) is 12.4. The molecule has 0 saturated carbocycles. The maximum Gasteiger partial charge on any atom is 0.0923 e. The van der Waals surface area contributed by atoms with Gasteiger partial charge in [-0.1, -0.05) is 46.8 Å². The van der Waals surface area contributed by atoms with Crippen molar-refractivity contribution in [1.29, 1.82) is 0 Å². The Balaban J connectivity index is 2.62. The molecule has 0 fully saturated rings. The van der Waals surface area contributed by atoms with Gasteiger partial charge >= 0.3 is 0 Å². The van der Waals surface area contributed by atoms with Crippen LogP contribution in [0.4, 0.5) is 0 Å². The summed E-state index contributed by atoms with van der Waals surface area (Å²) in [6.07, 6.45) is 3.80. The van der Waals surface area contributed by atoms with E-state index in [-0.39, 0.29) is 5.41 Å². The van der Waals surface area contributed by atoms with Crippen LogP contribution in [0.15, 0.2) is 36.7 Å². The third kappa shape index (κ3) is 3.01. The van der Waals surface area contributed by atoms with E-state index >= 15 is 0 Å². The van der Waals surface area contributed by atoms with Crippen molar-refractivity contribution in [2.75, 3.05) is 0 Å². The summed E-state index contributed by atoms with van der Waals surface area (Å²) in [4.78, 5) is 9.11. The van der Waals surface area contributed by atoms with Crippen molar-refractivity contribution in [3.8, 4) is 11.4 Å². The van der Waals surface area contributed by atoms with Gasteiger partial charge in [0.2, 0.25) is 0 Å². The van der Waals surface area contributed by atoms with Gasteiger partial charge in [0.05, 0.1) is 11.4 Å². The second kappa shape index (κ2) is 5.12. The molecule has 0 bridgehead atoms. The van der Waals surface area contributed by atoms with Crippen LogP contribution in [0.25, 0.3) is 11.4 Å². The van der Waals surface area contributed by atoms with Crippen LogP contribution >= 0.6 is 0 Å². The minimum atomic E-state index is 0.0603. The molecule has 0 aromatic carbocycles. The Morgan fingerprint density at radius 1 is 1.05 bits per heavy atom. The molecule has 2 aromatic rings. The molecule has 0 aliphatic heterocycles. The molecule has 2 rings (SSSR count). The molecule has 0 saturated heterocycles. The Morgan fingerprint density at radius 3 is 2.32 bits per heavy atom. The molecule has 2 nitrogen and oxygen atoms in total.